The second kappa shape index (κ2) is 4.68. The summed E-state index contributed by atoms with van der Waals surface area (Å²) in [6.07, 6.45) is 0. The van der Waals surface area contributed by atoms with E-state index < -0.39 is 0 Å². The Kier molecular flexibility index (Phi) is 5.08. The van der Waals surface area contributed by atoms with Crippen LogP contribution in [0.1, 0.15) is 2.85 Å². The topological polar surface area (TPSA) is 20.2 Å². The molecule has 0 atom stereocenters. The number of phenols is 1. The monoisotopic (exact) mass is 204 g/mol. The molecule has 52 valence electrons. The van der Waals surface area contributed by atoms with Gasteiger partial charge in [-0.3, -0.25) is 0 Å². The zero-order chi connectivity index (χ0) is 6.85. The van der Waals surface area contributed by atoms with Gasteiger partial charge in [0.05, 0.1) is 5.02 Å². The van der Waals surface area contributed by atoms with E-state index in [1.807, 2.05) is 0 Å². The van der Waals surface area contributed by atoms with Gasteiger partial charge in [0.1, 0.15) is 10.8 Å². The van der Waals surface area contributed by atoms with Crippen molar-refractivity contribution in [2.45, 2.75) is 0 Å². The van der Waals surface area contributed by atoms with Crippen LogP contribution in [0.4, 0.5) is 0 Å². The van der Waals surface area contributed by atoms with E-state index in [2.05, 4.69) is 0 Å². The first-order valence-corrected chi connectivity index (χ1v) is 3.10. The van der Waals surface area contributed by atoms with Crippen LogP contribution in [0, 0.1) is 0 Å². The zero-order valence-corrected chi connectivity index (χ0v) is 8.86. The second-order valence-corrected chi connectivity index (χ2v) is 2.36. The molecule has 0 spiro atoms. The first-order valence-electron chi connectivity index (χ1n) is 2.35. The van der Waals surface area contributed by atoms with E-state index >= 15 is 0 Å². The van der Waals surface area contributed by atoms with Gasteiger partial charge in [-0.2, -0.15) is 0 Å². The number of hydrogen-bond acceptors (Lipinski definition) is 1. The Morgan fingerprint density at radius 1 is 1.30 bits per heavy atom. The summed E-state index contributed by atoms with van der Waals surface area (Å²) in [7, 11) is 0. The van der Waals surface area contributed by atoms with Crippen LogP contribution in [-0.4, -0.2) is 42.8 Å². The van der Waals surface area contributed by atoms with Gasteiger partial charge in [0.25, 0.3) is 0 Å². The van der Waals surface area contributed by atoms with Crippen molar-refractivity contribution in [2.75, 3.05) is 0 Å². The maximum Gasteiger partial charge on any atom is 2.00 e. The van der Waals surface area contributed by atoms with Crippen molar-refractivity contribution in [2.24, 2.45) is 0 Å². The molecular weight excluding hydrogens is 199 g/mol. The quantitative estimate of drug-likeness (QED) is 0.645. The number of benzene rings is 1. The molecule has 1 N–H and O–H groups in total. The molecule has 0 heterocycles. The molecule has 0 aromatic heterocycles. The molecular formula is C6H6CaCl2O. The van der Waals surface area contributed by atoms with Crippen LogP contribution in [0.5, 0.6) is 5.75 Å². The number of halogens is 2. The van der Waals surface area contributed by atoms with E-state index in [1.54, 1.807) is 12.1 Å². The second-order valence-electron chi connectivity index (χ2n) is 1.57. The predicted molar refractivity (Wildman–Crippen MR) is 46.1 cm³/mol. The summed E-state index contributed by atoms with van der Waals surface area (Å²) in [4.78, 5) is 0. The number of rotatable bonds is 0. The van der Waals surface area contributed by atoms with Crippen LogP contribution >= 0.6 is 23.2 Å². The number of phenolic OH excluding ortho intramolecular Hbond substituents is 1. The fourth-order valence-electron chi connectivity index (χ4n) is 0.492. The molecule has 0 radical (unpaired) electrons. The fraction of sp³-hybridized carbons (Fsp3) is 0. The summed E-state index contributed by atoms with van der Waals surface area (Å²) in [6, 6.07) is 4.72. The molecule has 0 aliphatic rings. The molecule has 0 fully saturated rings. The summed E-state index contributed by atoms with van der Waals surface area (Å²) in [5.74, 6) is 0.0177. The van der Waals surface area contributed by atoms with Gasteiger partial charge in [0.2, 0.25) is 0 Å². The summed E-state index contributed by atoms with van der Waals surface area (Å²) in [6.45, 7) is 0. The molecule has 0 aliphatic heterocycles. The Hall–Kier alpha value is 0.860. The van der Waals surface area contributed by atoms with Crippen LogP contribution < -0.4 is 0 Å². The Morgan fingerprint density at radius 2 is 1.90 bits per heavy atom. The Balaban J connectivity index is -0.000000270. The maximum atomic E-state index is 8.88. The number of aromatic hydroxyl groups is 1. The van der Waals surface area contributed by atoms with E-state index in [4.69, 9.17) is 28.3 Å². The average Bonchev–Trinajstić information content (AvgIpc) is 1.83. The summed E-state index contributed by atoms with van der Waals surface area (Å²) < 4.78 is 0. The van der Waals surface area contributed by atoms with Gasteiger partial charge in [-0.05, 0) is 12.1 Å². The van der Waals surface area contributed by atoms with E-state index in [0.29, 0.717) is 5.02 Å². The first kappa shape index (κ1) is 10.9. The third-order valence-electron chi connectivity index (χ3n) is 0.931. The van der Waals surface area contributed by atoms with Crippen LogP contribution in [0.25, 0.3) is 0 Å². The molecule has 4 heteroatoms. The van der Waals surface area contributed by atoms with Gasteiger partial charge >= 0.3 is 37.7 Å². The van der Waals surface area contributed by atoms with Crippen molar-refractivity contribution in [3.05, 3.63) is 28.2 Å². The van der Waals surface area contributed by atoms with Gasteiger partial charge in [-0.25, -0.2) is 0 Å². The number of hydrogen-bond donors (Lipinski definition) is 1. The third kappa shape index (κ3) is 2.48. The zero-order valence-electron chi connectivity index (χ0n) is 7.14. The molecule has 0 saturated carbocycles. The average molecular weight is 205 g/mol. The smallest absolute Gasteiger partial charge is 1.00 e. The molecule has 1 aromatic carbocycles. The normalized spacial score (nSPS) is 8.60. The molecule has 0 saturated heterocycles. The van der Waals surface area contributed by atoms with Crippen LogP contribution in [0.2, 0.25) is 10.0 Å². The standard InChI is InChI=1S/C6H4Cl2O.Ca.2H/c7-4-2-1-3-5(9)6(4)8;;;/h1-3,9H;;;/q;+2;2*-1. The van der Waals surface area contributed by atoms with Crippen molar-refractivity contribution < 1.29 is 7.96 Å². The minimum absolute atomic E-state index is 0. The Morgan fingerprint density at radius 3 is 2.30 bits per heavy atom. The van der Waals surface area contributed by atoms with Gasteiger partial charge in [0, 0.05) is 0 Å². The maximum absolute atomic E-state index is 8.88. The van der Waals surface area contributed by atoms with Gasteiger partial charge < -0.3 is 7.96 Å². The Bertz CT molecular complexity index is 215. The summed E-state index contributed by atoms with van der Waals surface area (Å²) >= 11 is 11.0. The van der Waals surface area contributed by atoms with Crippen LogP contribution in [0.3, 0.4) is 0 Å². The molecule has 1 aromatic rings. The summed E-state index contributed by atoms with van der Waals surface area (Å²) in [5, 5.41) is 9.46. The molecule has 0 aliphatic carbocycles. The molecule has 1 nitrogen and oxygen atoms in total. The summed E-state index contributed by atoms with van der Waals surface area (Å²) in [5.41, 5.74) is 0. The van der Waals surface area contributed by atoms with Crippen LogP contribution in [-0.2, 0) is 0 Å². The fourth-order valence-corrected chi connectivity index (χ4v) is 0.788. The van der Waals surface area contributed by atoms with Gasteiger partial charge in [-0.1, -0.05) is 29.3 Å². The molecule has 10 heavy (non-hydrogen) atoms. The van der Waals surface area contributed by atoms with E-state index in [9.17, 15) is 0 Å². The van der Waals surface area contributed by atoms with Gasteiger partial charge in [0.15, 0.2) is 0 Å². The Labute approximate surface area is 102 Å². The molecule has 0 amide bonds. The SMILES string of the molecule is Oc1cccc(Cl)c1Cl.[Ca+2].[H-].[H-]. The molecule has 0 bridgehead atoms. The van der Waals surface area contributed by atoms with E-state index in [-0.39, 0.29) is 51.4 Å². The van der Waals surface area contributed by atoms with Crippen molar-refractivity contribution in [3.63, 3.8) is 0 Å². The van der Waals surface area contributed by atoms with Crippen LogP contribution in [0.15, 0.2) is 18.2 Å². The molecule has 0 unspecified atom stereocenters. The first-order chi connectivity index (χ1) is 4.22. The van der Waals surface area contributed by atoms with Crippen molar-refractivity contribution in [1.82, 2.24) is 0 Å². The largest absolute Gasteiger partial charge is 2.00 e. The molecule has 1 rings (SSSR count). The van der Waals surface area contributed by atoms with E-state index in [1.165, 1.54) is 6.07 Å². The van der Waals surface area contributed by atoms with Crippen molar-refractivity contribution in [1.29, 1.82) is 0 Å². The third-order valence-corrected chi connectivity index (χ3v) is 1.74. The van der Waals surface area contributed by atoms with Crippen molar-refractivity contribution >= 4 is 60.9 Å². The van der Waals surface area contributed by atoms with Crippen molar-refractivity contribution in [3.8, 4) is 5.75 Å². The van der Waals surface area contributed by atoms with E-state index in [0.717, 1.165) is 0 Å². The minimum atomic E-state index is 0. The van der Waals surface area contributed by atoms with Gasteiger partial charge in [-0.15, -0.1) is 0 Å². The minimum Gasteiger partial charge on any atom is -1.00 e. The predicted octanol–water partition coefficient (Wildman–Crippen LogP) is 2.54.